The molecule has 0 bridgehead atoms. The fourth-order valence-electron chi connectivity index (χ4n) is 6.10. The molecule has 3 atom stereocenters. The van der Waals surface area contributed by atoms with Crippen LogP contribution in [0.3, 0.4) is 0 Å². The standard InChI is InChI=1S/C35H33F3N6O2/c1-24(26-11-6-3-7-12-26)42-32-41-17-15-30(43-32)34(31-39-18-19-40-31)22-28(27-13-8-14-29(21-27)35(36,37)38)16-20-44(34)33(45)46-23-25-9-4-2-5-10-25/h2-15,17-19,21,24,28H,16,20,22-23H2,1H3,(H,39,40)(H,41,42,43). The molecule has 1 fully saturated rings. The predicted molar refractivity (Wildman–Crippen MR) is 167 cm³/mol. The molecule has 5 aromatic rings. The molecule has 6 rings (SSSR count). The maximum Gasteiger partial charge on any atom is 0.416 e. The van der Waals surface area contributed by atoms with Gasteiger partial charge in [0.1, 0.15) is 18.0 Å². The lowest BCUT2D eigenvalue weighted by Crippen LogP contribution is -2.55. The van der Waals surface area contributed by atoms with E-state index in [1.54, 1.807) is 35.6 Å². The number of alkyl halides is 3. The zero-order chi connectivity index (χ0) is 32.1. The number of benzene rings is 3. The van der Waals surface area contributed by atoms with E-state index < -0.39 is 23.4 Å². The van der Waals surface area contributed by atoms with Gasteiger partial charge in [0.25, 0.3) is 0 Å². The second-order valence-corrected chi connectivity index (χ2v) is 11.3. The van der Waals surface area contributed by atoms with Gasteiger partial charge in [-0.05, 0) is 54.5 Å². The minimum atomic E-state index is -4.49. The number of carbonyl (C=O) groups is 1. The van der Waals surface area contributed by atoms with Crippen molar-refractivity contribution in [3.63, 3.8) is 0 Å². The highest BCUT2D eigenvalue weighted by Crippen LogP contribution is 2.48. The summed E-state index contributed by atoms with van der Waals surface area (Å²) in [7, 11) is 0. The van der Waals surface area contributed by atoms with Crippen LogP contribution in [-0.4, -0.2) is 37.5 Å². The van der Waals surface area contributed by atoms with Crippen LogP contribution in [0.25, 0.3) is 0 Å². The zero-order valence-electron chi connectivity index (χ0n) is 25.1. The van der Waals surface area contributed by atoms with Crippen molar-refractivity contribution in [2.24, 2.45) is 0 Å². The smallest absolute Gasteiger partial charge is 0.416 e. The molecule has 1 amide bonds. The third-order valence-electron chi connectivity index (χ3n) is 8.43. The normalized spacial score (nSPS) is 19.0. The van der Waals surface area contributed by atoms with E-state index >= 15 is 0 Å². The highest BCUT2D eigenvalue weighted by molar-refractivity contribution is 5.70. The Balaban J connectivity index is 1.42. The number of nitrogens with one attached hydrogen (secondary N) is 2. The summed E-state index contributed by atoms with van der Waals surface area (Å²) in [4.78, 5) is 32.7. The van der Waals surface area contributed by atoms with Gasteiger partial charge in [0.2, 0.25) is 5.95 Å². The van der Waals surface area contributed by atoms with Gasteiger partial charge >= 0.3 is 12.3 Å². The van der Waals surface area contributed by atoms with Gasteiger partial charge in [-0.15, -0.1) is 0 Å². The van der Waals surface area contributed by atoms with Crippen LogP contribution in [0.2, 0.25) is 0 Å². The Morgan fingerprint density at radius 1 is 1.02 bits per heavy atom. The first-order valence-corrected chi connectivity index (χ1v) is 15.0. The molecule has 0 saturated carbocycles. The molecule has 1 saturated heterocycles. The van der Waals surface area contributed by atoms with Crippen molar-refractivity contribution < 1.29 is 22.7 Å². The second kappa shape index (κ2) is 13.0. The van der Waals surface area contributed by atoms with Crippen molar-refractivity contribution in [3.05, 3.63) is 143 Å². The number of hydrogen-bond donors (Lipinski definition) is 2. The van der Waals surface area contributed by atoms with E-state index in [9.17, 15) is 18.0 Å². The molecule has 2 N–H and O–H groups in total. The van der Waals surface area contributed by atoms with Gasteiger partial charge in [-0.2, -0.15) is 13.2 Å². The molecule has 0 aliphatic carbocycles. The number of piperidine rings is 1. The fourth-order valence-corrected chi connectivity index (χ4v) is 6.10. The number of amides is 1. The molecule has 236 valence electrons. The molecule has 11 heteroatoms. The largest absolute Gasteiger partial charge is 0.445 e. The number of carbonyl (C=O) groups excluding carboxylic acids is 1. The van der Waals surface area contributed by atoms with Crippen LogP contribution in [-0.2, 0) is 23.1 Å². The van der Waals surface area contributed by atoms with Crippen LogP contribution >= 0.6 is 0 Å². The highest BCUT2D eigenvalue weighted by Gasteiger charge is 2.52. The molecule has 2 aromatic heterocycles. The third-order valence-corrected chi connectivity index (χ3v) is 8.43. The van der Waals surface area contributed by atoms with Crippen molar-refractivity contribution in [2.75, 3.05) is 11.9 Å². The van der Waals surface area contributed by atoms with Gasteiger partial charge in [-0.25, -0.2) is 19.7 Å². The van der Waals surface area contributed by atoms with E-state index in [1.807, 2.05) is 67.6 Å². The summed E-state index contributed by atoms with van der Waals surface area (Å²) in [6, 6.07) is 26.1. The topological polar surface area (TPSA) is 96.0 Å². The number of halogens is 3. The maximum absolute atomic E-state index is 14.0. The Kier molecular flexibility index (Phi) is 8.74. The van der Waals surface area contributed by atoms with E-state index in [1.165, 1.54) is 12.1 Å². The number of hydrogen-bond acceptors (Lipinski definition) is 6. The molecule has 1 aliphatic rings. The van der Waals surface area contributed by atoms with Gasteiger partial charge in [0.05, 0.1) is 17.3 Å². The van der Waals surface area contributed by atoms with Crippen LogP contribution in [0, 0.1) is 0 Å². The number of aromatic nitrogens is 4. The monoisotopic (exact) mass is 626 g/mol. The summed E-state index contributed by atoms with van der Waals surface area (Å²) in [5.41, 5.74) is 0.792. The molecule has 3 aromatic carbocycles. The number of nitrogens with zero attached hydrogens (tertiary/aromatic N) is 4. The SMILES string of the molecule is CC(Nc1nccc(C2(c3ncc[nH]3)CC(c3cccc(C(F)(F)F)c3)CCN2C(=O)OCc2ccccc2)n1)c1ccccc1. The Bertz CT molecular complexity index is 1750. The predicted octanol–water partition coefficient (Wildman–Crippen LogP) is 7.85. The average Bonchev–Trinajstić information content (AvgIpc) is 3.63. The number of ether oxygens (including phenoxy) is 1. The second-order valence-electron chi connectivity index (χ2n) is 11.3. The molecule has 46 heavy (non-hydrogen) atoms. The fraction of sp³-hybridized carbons (Fsp3) is 0.257. The number of rotatable bonds is 8. The Hall–Kier alpha value is -5.19. The van der Waals surface area contributed by atoms with Gasteiger partial charge < -0.3 is 15.0 Å². The molecular formula is C35H33F3N6O2. The maximum atomic E-state index is 14.0. The average molecular weight is 627 g/mol. The number of likely N-dealkylation sites (tertiary alicyclic amines) is 1. The van der Waals surface area contributed by atoms with E-state index in [4.69, 9.17) is 9.72 Å². The summed E-state index contributed by atoms with van der Waals surface area (Å²) in [5.74, 6) is 0.389. The lowest BCUT2D eigenvalue weighted by atomic mass is 9.74. The number of aromatic amines is 1. The van der Waals surface area contributed by atoms with E-state index in [2.05, 4.69) is 20.3 Å². The first-order valence-electron chi connectivity index (χ1n) is 15.0. The van der Waals surface area contributed by atoms with Gasteiger partial charge in [0, 0.05) is 25.1 Å². The Labute approximate surface area is 264 Å². The van der Waals surface area contributed by atoms with Crippen molar-refractivity contribution in [3.8, 4) is 0 Å². The van der Waals surface area contributed by atoms with Gasteiger partial charge in [-0.3, -0.25) is 4.90 Å². The molecule has 3 heterocycles. The summed E-state index contributed by atoms with van der Waals surface area (Å²) in [6.45, 7) is 2.22. The minimum absolute atomic E-state index is 0.0482. The summed E-state index contributed by atoms with van der Waals surface area (Å²) >= 11 is 0. The van der Waals surface area contributed by atoms with E-state index in [0.29, 0.717) is 29.5 Å². The highest BCUT2D eigenvalue weighted by atomic mass is 19.4. The molecular weight excluding hydrogens is 593 g/mol. The van der Waals surface area contributed by atoms with Crippen molar-refractivity contribution in [1.29, 1.82) is 0 Å². The molecule has 0 spiro atoms. The zero-order valence-corrected chi connectivity index (χ0v) is 25.1. The Morgan fingerprint density at radius 2 is 1.78 bits per heavy atom. The summed E-state index contributed by atoms with van der Waals surface area (Å²) in [6.07, 6.45) is 0.367. The number of H-pyrrole nitrogens is 1. The van der Waals surface area contributed by atoms with Crippen molar-refractivity contribution >= 4 is 12.0 Å². The summed E-state index contributed by atoms with van der Waals surface area (Å²) < 4.78 is 47.0. The van der Waals surface area contributed by atoms with Crippen LogP contribution in [0.5, 0.6) is 0 Å². The van der Waals surface area contributed by atoms with Crippen LogP contribution in [0.15, 0.2) is 110 Å². The van der Waals surface area contributed by atoms with Crippen LogP contribution in [0.4, 0.5) is 23.9 Å². The van der Waals surface area contributed by atoms with Crippen LogP contribution in [0.1, 0.15) is 65.5 Å². The lowest BCUT2D eigenvalue weighted by molar-refractivity contribution is -0.137. The minimum Gasteiger partial charge on any atom is -0.445 e. The molecule has 0 radical (unpaired) electrons. The molecule has 8 nitrogen and oxygen atoms in total. The van der Waals surface area contributed by atoms with E-state index in [-0.39, 0.29) is 31.5 Å². The van der Waals surface area contributed by atoms with Crippen molar-refractivity contribution in [2.45, 2.75) is 50.0 Å². The molecule has 3 unspecified atom stereocenters. The first kappa shape index (κ1) is 30.8. The third kappa shape index (κ3) is 6.44. The van der Waals surface area contributed by atoms with Crippen molar-refractivity contribution in [1.82, 2.24) is 24.8 Å². The first-order chi connectivity index (χ1) is 22.2. The van der Waals surface area contributed by atoms with Gasteiger partial charge in [-0.1, -0.05) is 78.9 Å². The molecule has 1 aliphatic heterocycles. The van der Waals surface area contributed by atoms with Crippen LogP contribution < -0.4 is 5.32 Å². The van der Waals surface area contributed by atoms with E-state index in [0.717, 1.165) is 17.2 Å². The quantitative estimate of drug-likeness (QED) is 0.182. The van der Waals surface area contributed by atoms with Gasteiger partial charge in [0.15, 0.2) is 0 Å². The number of anilines is 1. The number of imidazole rings is 1. The lowest BCUT2D eigenvalue weighted by Gasteiger charge is -2.47. The Morgan fingerprint density at radius 3 is 2.50 bits per heavy atom. The summed E-state index contributed by atoms with van der Waals surface area (Å²) in [5, 5.41) is 3.35.